The fourth-order valence-corrected chi connectivity index (χ4v) is 3.24. The third-order valence-electron chi connectivity index (χ3n) is 4.75. The van der Waals surface area contributed by atoms with Crippen LogP contribution < -0.4 is 0 Å². The summed E-state index contributed by atoms with van der Waals surface area (Å²) in [6, 6.07) is 18.0. The Labute approximate surface area is 167 Å². The van der Waals surface area contributed by atoms with E-state index in [2.05, 4.69) is 10.2 Å². The highest BCUT2D eigenvalue weighted by Gasteiger charge is 2.34. The molecular weight excluding hydrogens is 370 g/mol. The molecule has 0 fully saturated rings. The summed E-state index contributed by atoms with van der Waals surface area (Å²) in [5.74, 6) is -1.03. The average molecular weight is 389 g/mol. The number of carbonyl (C=O) groups excluding carboxylic acids is 3. The first-order valence-corrected chi connectivity index (χ1v) is 9.38. The van der Waals surface area contributed by atoms with Gasteiger partial charge in [-0.1, -0.05) is 42.5 Å². The molecule has 0 atom stereocenters. The Bertz CT molecular complexity index is 1020. The van der Waals surface area contributed by atoms with Gasteiger partial charge in [-0.3, -0.25) is 19.6 Å². The predicted octanol–water partition coefficient (Wildman–Crippen LogP) is 3.31. The van der Waals surface area contributed by atoms with E-state index in [1.807, 2.05) is 30.3 Å². The van der Waals surface area contributed by atoms with Crippen LogP contribution in [-0.4, -0.2) is 46.0 Å². The molecule has 1 aliphatic heterocycles. The van der Waals surface area contributed by atoms with Gasteiger partial charge in [0.1, 0.15) is 5.69 Å². The minimum Gasteiger partial charge on any atom is -0.461 e. The minimum absolute atomic E-state index is 0.196. The molecule has 0 spiro atoms. The Morgan fingerprint density at radius 3 is 2.28 bits per heavy atom. The summed E-state index contributed by atoms with van der Waals surface area (Å²) in [5, 5.41) is 6.82. The van der Waals surface area contributed by atoms with Crippen molar-refractivity contribution in [3.63, 3.8) is 0 Å². The normalized spacial score (nSPS) is 12.9. The standard InChI is InChI=1S/C22H19N3O4/c26-20-16-10-4-5-11-17(16)21(27)25(20)12-6-7-13-29-22(28)19-14-18(23-24-19)15-8-2-1-3-9-15/h1-5,8-11,14H,6-7,12-13H2,(H,23,24). The van der Waals surface area contributed by atoms with Gasteiger partial charge in [-0.05, 0) is 31.0 Å². The molecule has 2 heterocycles. The highest BCUT2D eigenvalue weighted by molar-refractivity contribution is 6.21. The molecule has 0 saturated heterocycles. The quantitative estimate of drug-likeness (QED) is 0.380. The smallest absolute Gasteiger partial charge is 0.356 e. The molecule has 0 radical (unpaired) electrons. The van der Waals surface area contributed by atoms with E-state index in [1.165, 1.54) is 4.90 Å². The molecule has 1 N–H and O–H groups in total. The van der Waals surface area contributed by atoms with E-state index in [9.17, 15) is 14.4 Å². The molecule has 0 aliphatic carbocycles. The number of unbranched alkanes of at least 4 members (excludes halogenated alkanes) is 1. The molecule has 0 saturated carbocycles. The first kappa shape index (κ1) is 18.6. The van der Waals surface area contributed by atoms with E-state index in [4.69, 9.17) is 4.74 Å². The summed E-state index contributed by atoms with van der Waals surface area (Å²) in [5.41, 5.74) is 2.74. The van der Waals surface area contributed by atoms with E-state index in [1.54, 1.807) is 30.3 Å². The molecule has 3 aromatic rings. The van der Waals surface area contributed by atoms with Gasteiger partial charge in [-0.25, -0.2) is 4.79 Å². The van der Waals surface area contributed by atoms with Crippen LogP contribution in [-0.2, 0) is 4.74 Å². The zero-order chi connectivity index (χ0) is 20.2. The van der Waals surface area contributed by atoms with Gasteiger partial charge in [0.05, 0.1) is 23.4 Å². The summed E-state index contributed by atoms with van der Waals surface area (Å²) in [4.78, 5) is 38.0. The summed E-state index contributed by atoms with van der Waals surface area (Å²) >= 11 is 0. The average Bonchev–Trinajstić information content (AvgIpc) is 3.34. The van der Waals surface area contributed by atoms with Crippen LogP contribution in [0, 0.1) is 0 Å². The number of nitrogens with zero attached hydrogens (tertiary/aromatic N) is 2. The second kappa shape index (κ2) is 8.10. The number of fused-ring (bicyclic) bond motifs is 1. The molecule has 0 bridgehead atoms. The number of benzene rings is 2. The van der Waals surface area contributed by atoms with Gasteiger partial charge in [-0.15, -0.1) is 0 Å². The van der Waals surface area contributed by atoms with Crippen molar-refractivity contribution in [2.45, 2.75) is 12.8 Å². The van der Waals surface area contributed by atoms with Crippen LogP contribution in [0.5, 0.6) is 0 Å². The van der Waals surface area contributed by atoms with Crippen LogP contribution in [0.4, 0.5) is 0 Å². The van der Waals surface area contributed by atoms with Crippen molar-refractivity contribution >= 4 is 17.8 Å². The van der Waals surface area contributed by atoms with Crippen LogP contribution in [0.25, 0.3) is 11.3 Å². The van der Waals surface area contributed by atoms with Crippen molar-refractivity contribution in [3.8, 4) is 11.3 Å². The molecule has 7 heteroatoms. The van der Waals surface area contributed by atoms with Crippen LogP contribution in [0.1, 0.15) is 44.0 Å². The molecule has 146 valence electrons. The van der Waals surface area contributed by atoms with Crippen LogP contribution in [0.15, 0.2) is 60.7 Å². The fraction of sp³-hybridized carbons (Fsp3) is 0.182. The van der Waals surface area contributed by atoms with E-state index in [0.29, 0.717) is 36.2 Å². The van der Waals surface area contributed by atoms with Crippen LogP contribution in [0.3, 0.4) is 0 Å². The summed E-state index contributed by atoms with van der Waals surface area (Å²) < 4.78 is 5.26. The van der Waals surface area contributed by atoms with Crippen molar-refractivity contribution in [2.24, 2.45) is 0 Å². The molecule has 0 unspecified atom stereocenters. The predicted molar refractivity (Wildman–Crippen MR) is 105 cm³/mol. The lowest BCUT2D eigenvalue weighted by Crippen LogP contribution is -2.30. The van der Waals surface area contributed by atoms with Gasteiger partial charge in [0.25, 0.3) is 11.8 Å². The minimum atomic E-state index is -0.486. The van der Waals surface area contributed by atoms with E-state index >= 15 is 0 Å². The van der Waals surface area contributed by atoms with Gasteiger partial charge in [0.2, 0.25) is 0 Å². The van der Waals surface area contributed by atoms with Gasteiger partial charge in [-0.2, -0.15) is 5.10 Å². The molecule has 7 nitrogen and oxygen atoms in total. The number of ether oxygens (including phenoxy) is 1. The van der Waals surface area contributed by atoms with Crippen molar-refractivity contribution in [3.05, 3.63) is 77.5 Å². The maximum atomic E-state index is 12.3. The SMILES string of the molecule is O=C(OCCCCN1C(=O)c2ccccc2C1=O)c1cc(-c2ccccc2)n[nH]1. The number of esters is 1. The second-order valence-corrected chi connectivity index (χ2v) is 6.68. The number of amides is 2. The maximum absolute atomic E-state index is 12.3. The molecule has 4 rings (SSSR count). The highest BCUT2D eigenvalue weighted by atomic mass is 16.5. The highest BCUT2D eigenvalue weighted by Crippen LogP contribution is 2.22. The van der Waals surface area contributed by atoms with Crippen molar-refractivity contribution < 1.29 is 19.1 Å². The summed E-state index contributed by atoms with van der Waals surface area (Å²) in [7, 11) is 0. The number of rotatable bonds is 7. The monoisotopic (exact) mass is 389 g/mol. The Hall–Kier alpha value is -3.74. The lowest BCUT2D eigenvalue weighted by molar-refractivity contribution is 0.0479. The first-order valence-electron chi connectivity index (χ1n) is 9.38. The third-order valence-corrected chi connectivity index (χ3v) is 4.75. The van der Waals surface area contributed by atoms with Crippen LogP contribution >= 0.6 is 0 Å². The van der Waals surface area contributed by atoms with Gasteiger partial charge >= 0.3 is 5.97 Å². The summed E-state index contributed by atoms with van der Waals surface area (Å²) in [6.45, 7) is 0.494. The molecule has 1 aromatic heterocycles. The third kappa shape index (κ3) is 3.80. The second-order valence-electron chi connectivity index (χ2n) is 6.68. The molecular formula is C22H19N3O4. The number of imide groups is 1. The van der Waals surface area contributed by atoms with E-state index in [-0.39, 0.29) is 24.1 Å². The number of aromatic nitrogens is 2. The molecule has 29 heavy (non-hydrogen) atoms. The number of H-pyrrole nitrogens is 1. The lowest BCUT2D eigenvalue weighted by atomic mass is 10.1. The number of nitrogens with one attached hydrogen (secondary N) is 1. The van der Waals surface area contributed by atoms with Crippen LogP contribution in [0.2, 0.25) is 0 Å². The Kier molecular flexibility index (Phi) is 5.20. The van der Waals surface area contributed by atoms with E-state index in [0.717, 1.165) is 5.56 Å². The molecule has 1 aliphatic rings. The first-order chi connectivity index (χ1) is 14.1. The summed E-state index contributed by atoms with van der Waals surface area (Å²) in [6.07, 6.45) is 1.09. The van der Waals surface area contributed by atoms with Crippen molar-refractivity contribution in [2.75, 3.05) is 13.2 Å². The molecule has 2 amide bonds. The Morgan fingerprint density at radius 2 is 1.59 bits per heavy atom. The van der Waals surface area contributed by atoms with E-state index < -0.39 is 5.97 Å². The number of aromatic amines is 1. The number of hydrogen-bond acceptors (Lipinski definition) is 5. The Balaban J connectivity index is 1.23. The number of carbonyl (C=O) groups is 3. The number of hydrogen-bond donors (Lipinski definition) is 1. The van der Waals surface area contributed by atoms with Gasteiger partial charge < -0.3 is 4.74 Å². The zero-order valence-electron chi connectivity index (χ0n) is 15.6. The zero-order valence-corrected chi connectivity index (χ0v) is 15.6. The maximum Gasteiger partial charge on any atom is 0.356 e. The lowest BCUT2D eigenvalue weighted by Gasteiger charge is -2.13. The fourth-order valence-electron chi connectivity index (χ4n) is 3.24. The largest absolute Gasteiger partial charge is 0.461 e. The molecule has 2 aromatic carbocycles. The van der Waals surface area contributed by atoms with Crippen molar-refractivity contribution in [1.82, 2.24) is 15.1 Å². The van der Waals surface area contributed by atoms with Gasteiger partial charge in [0, 0.05) is 12.1 Å². The topological polar surface area (TPSA) is 92.4 Å². The van der Waals surface area contributed by atoms with Gasteiger partial charge in [0.15, 0.2) is 0 Å². The van der Waals surface area contributed by atoms with Crippen molar-refractivity contribution in [1.29, 1.82) is 0 Å². The Morgan fingerprint density at radius 1 is 0.931 bits per heavy atom.